The van der Waals surface area contributed by atoms with Gasteiger partial charge in [0.25, 0.3) is 0 Å². The lowest BCUT2D eigenvalue weighted by Crippen LogP contribution is -2.39. The van der Waals surface area contributed by atoms with Crippen LogP contribution in [0.3, 0.4) is 0 Å². The number of benzene rings is 2. The zero-order valence-corrected chi connectivity index (χ0v) is 16.7. The van der Waals surface area contributed by atoms with Crippen LogP contribution in [-0.2, 0) is 14.8 Å². The summed E-state index contributed by atoms with van der Waals surface area (Å²) in [4.78, 5) is 12.5. The fourth-order valence-corrected chi connectivity index (χ4v) is 3.90. The zero-order valence-electron chi connectivity index (χ0n) is 15.9. The smallest absolute Gasteiger partial charge is 0.243 e. The SMILES string of the molecule is Cc1ccc(S(=O)(=O)N(C)CC(=O)N[C@@H](C)c2cc(C)ccc2C)cc1. The molecule has 0 saturated heterocycles. The van der Waals surface area contributed by atoms with Crippen LogP contribution in [0.5, 0.6) is 0 Å². The Morgan fingerprint density at radius 2 is 1.62 bits per heavy atom. The number of amides is 1. The van der Waals surface area contributed by atoms with Gasteiger partial charge in [0.2, 0.25) is 15.9 Å². The summed E-state index contributed by atoms with van der Waals surface area (Å²) in [5.74, 6) is -0.336. The van der Waals surface area contributed by atoms with Gasteiger partial charge in [0.1, 0.15) is 0 Å². The molecule has 0 heterocycles. The minimum Gasteiger partial charge on any atom is -0.348 e. The molecule has 0 spiro atoms. The molecule has 1 atom stereocenters. The van der Waals surface area contributed by atoms with Crippen LogP contribution in [-0.4, -0.2) is 32.2 Å². The van der Waals surface area contributed by atoms with Crippen LogP contribution in [0.1, 0.15) is 35.2 Å². The monoisotopic (exact) mass is 374 g/mol. The van der Waals surface area contributed by atoms with Crippen LogP contribution < -0.4 is 5.32 Å². The molecule has 5 nitrogen and oxygen atoms in total. The van der Waals surface area contributed by atoms with Crippen LogP contribution in [0.2, 0.25) is 0 Å². The molecular weight excluding hydrogens is 348 g/mol. The van der Waals surface area contributed by atoms with Gasteiger partial charge in [0.15, 0.2) is 0 Å². The highest BCUT2D eigenvalue weighted by molar-refractivity contribution is 7.89. The Bertz CT molecular complexity index is 890. The van der Waals surface area contributed by atoms with Crippen molar-refractivity contribution in [3.63, 3.8) is 0 Å². The number of hydrogen-bond acceptors (Lipinski definition) is 3. The molecule has 2 aromatic rings. The first-order valence-corrected chi connectivity index (χ1v) is 9.95. The quantitative estimate of drug-likeness (QED) is 0.845. The molecule has 140 valence electrons. The second kappa shape index (κ2) is 8.01. The van der Waals surface area contributed by atoms with E-state index in [0.717, 1.165) is 26.6 Å². The summed E-state index contributed by atoms with van der Waals surface area (Å²) in [6, 6.07) is 12.5. The maximum atomic E-state index is 12.6. The Hall–Kier alpha value is -2.18. The summed E-state index contributed by atoms with van der Waals surface area (Å²) in [6.07, 6.45) is 0. The first-order valence-electron chi connectivity index (χ1n) is 8.51. The van der Waals surface area contributed by atoms with Gasteiger partial charge in [0.05, 0.1) is 17.5 Å². The minimum absolute atomic E-state index is 0.181. The van der Waals surface area contributed by atoms with Crippen molar-refractivity contribution in [1.29, 1.82) is 0 Å². The summed E-state index contributed by atoms with van der Waals surface area (Å²) >= 11 is 0. The molecule has 0 unspecified atom stereocenters. The van der Waals surface area contributed by atoms with E-state index < -0.39 is 10.0 Å². The predicted molar refractivity (Wildman–Crippen MR) is 103 cm³/mol. The van der Waals surface area contributed by atoms with E-state index in [4.69, 9.17) is 0 Å². The third-order valence-electron chi connectivity index (χ3n) is 4.37. The van der Waals surface area contributed by atoms with Gasteiger partial charge >= 0.3 is 0 Å². The fourth-order valence-electron chi connectivity index (χ4n) is 2.77. The molecule has 2 aromatic carbocycles. The maximum Gasteiger partial charge on any atom is 0.243 e. The Morgan fingerprint density at radius 3 is 2.23 bits per heavy atom. The summed E-state index contributed by atoms with van der Waals surface area (Å²) in [5, 5.41) is 2.88. The average molecular weight is 375 g/mol. The van der Waals surface area contributed by atoms with Crippen LogP contribution >= 0.6 is 0 Å². The van der Waals surface area contributed by atoms with Gasteiger partial charge in [-0.1, -0.05) is 41.5 Å². The zero-order chi connectivity index (χ0) is 19.5. The molecule has 26 heavy (non-hydrogen) atoms. The van der Waals surface area contributed by atoms with Gasteiger partial charge in [-0.2, -0.15) is 4.31 Å². The number of likely N-dealkylation sites (N-methyl/N-ethyl adjacent to an activating group) is 1. The first kappa shape index (κ1) is 20.1. The van der Waals surface area contributed by atoms with E-state index in [2.05, 4.69) is 5.32 Å². The van der Waals surface area contributed by atoms with Gasteiger partial charge in [-0.25, -0.2) is 8.42 Å². The molecule has 0 aliphatic carbocycles. The fraction of sp³-hybridized carbons (Fsp3) is 0.350. The highest BCUT2D eigenvalue weighted by Crippen LogP contribution is 2.19. The van der Waals surface area contributed by atoms with E-state index >= 15 is 0 Å². The molecule has 6 heteroatoms. The highest BCUT2D eigenvalue weighted by atomic mass is 32.2. The maximum absolute atomic E-state index is 12.6. The average Bonchev–Trinajstić information content (AvgIpc) is 2.57. The molecule has 0 bridgehead atoms. The molecular formula is C20H26N2O3S. The Morgan fingerprint density at radius 1 is 1.04 bits per heavy atom. The van der Waals surface area contributed by atoms with Crippen LogP contribution in [0, 0.1) is 20.8 Å². The largest absolute Gasteiger partial charge is 0.348 e. The standard InChI is InChI=1S/C20H26N2O3S/c1-14-7-10-18(11-8-14)26(24,25)22(5)13-20(23)21-17(4)19-12-15(2)6-9-16(19)3/h6-12,17H,13H2,1-5H3,(H,21,23)/t17-/m0/s1. The second-order valence-electron chi connectivity index (χ2n) is 6.72. The molecule has 0 fully saturated rings. The van der Waals surface area contributed by atoms with Crippen molar-refractivity contribution in [3.8, 4) is 0 Å². The van der Waals surface area contributed by atoms with Gasteiger partial charge < -0.3 is 5.32 Å². The number of sulfonamides is 1. The molecule has 1 amide bonds. The van der Waals surface area contributed by atoms with Crippen molar-refractivity contribution in [2.45, 2.75) is 38.6 Å². The number of nitrogens with zero attached hydrogens (tertiary/aromatic N) is 1. The van der Waals surface area contributed by atoms with Crippen molar-refractivity contribution in [2.75, 3.05) is 13.6 Å². The summed E-state index contributed by atoms with van der Waals surface area (Å²) in [5.41, 5.74) is 4.21. The number of rotatable bonds is 6. The number of hydrogen-bond donors (Lipinski definition) is 1. The van der Waals surface area contributed by atoms with Crippen molar-refractivity contribution in [3.05, 3.63) is 64.7 Å². The molecule has 2 rings (SSSR count). The van der Waals surface area contributed by atoms with Crippen molar-refractivity contribution in [1.82, 2.24) is 9.62 Å². The van der Waals surface area contributed by atoms with Gasteiger partial charge in [-0.05, 0) is 51.0 Å². The Labute approximate surface area is 156 Å². The molecule has 0 aliphatic heterocycles. The van der Waals surface area contributed by atoms with Crippen LogP contribution in [0.4, 0.5) is 0 Å². The lowest BCUT2D eigenvalue weighted by Gasteiger charge is -2.20. The second-order valence-corrected chi connectivity index (χ2v) is 8.77. The Kier molecular flexibility index (Phi) is 6.21. The van der Waals surface area contributed by atoms with Gasteiger partial charge in [-0.15, -0.1) is 0 Å². The summed E-state index contributed by atoms with van der Waals surface area (Å²) < 4.78 is 26.2. The van der Waals surface area contributed by atoms with E-state index in [9.17, 15) is 13.2 Å². The molecule has 0 saturated carbocycles. The number of aryl methyl sites for hydroxylation is 3. The van der Waals surface area contributed by atoms with Crippen molar-refractivity contribution in [2.24, 2.45) is 0 Å². The summed E-state index contributed by atoms with van der Waals surface area (Å²) in [7, 11) is -2.28. The number of carbonyl (C=O) groups excluding carboxylic acids is 1. The van der Waals surface area contributed by atoms with Gasteiger partial charge in [-0.3, -0.25) is 4.79 Å². The lowest BCUT2D eigenvalue weighted by atomic mass is 10.00. The highest BCUT2D eigenvalue weighted by Gasteiger charge is 2.23. The third-order valence-corrected chi connectivity index (χ3v) is 6.19. The first-order chi connectivity index (χ1) is 12.1. The number of carbonyl (C=O) groups is 1. The van der Waals surface area contributed by atoms with E-state index in [-0.39, 0.29) is 23.4 Å². The summed E-state index contributed by atoms with van der Waals surface area (Å²) in [6.45, 7) is 7.55. The Balaban J connectivity index is 2.06. The van der Waals surface area contributed by atoms with E-state index in [1.165, 1.54) is 7.05 Å². The molecule has 0 radical (unpaired) electrons. The van der Waals surface area contributed by atoms with Crippen molar-refractivity contribution >= 4 is 15.9 Å². The van der Waals surface area contributed by atoms with Crippen LogP contribution in [0.25, 0.3) is 0 Å². The van der Waals surface area contributed by atoms with Crippen LogP contribution in [0.15, 0.2) is 47.4 Å². The minimum atomic E-state index is -3.69. The van der Waals surface area contributed by atoms with E-state index in [0.29, 0.717) is 0 Å². The van der Waals surface area contributed by atoms with Crippen molar-refractivity contribution < 1.29 is 13.2 Å². The van der Waals surface area contributed by atoms with E-state index in [1.807, 2.05) is 45.9 Å². The predicted octanol–water partition coefficient (Wildman–Crippen LogP) is 3.11. The molecule has 1 N–H and O–H groups in total. The molecule has 0 aromatic heterocycles. The third kappa shape index (κ3) is 4.71. The topological polar surface area (TPSA) is 66.5 Å². The van der Waals surface area contributed by atoms with Gasteiger partial charge in [0, 0.05) is 7.05 Å². The van der Waals surface area contributed by atoms with E-state index in [1.54, 1.807) is 24.3 Å². The molecule has 0 aliphatic rings. The normalized spacial score (nSPS) is 12.8. The lowest BCUT2D eigenvalue weighted by molar-refractivity contribution is -0.121. The number of nitrogens with one attached hydrogen (secondary N) is 1.